The maximum atomic E-state index is 13.3. The number of rotatable bonds is 4. The summed E-state index contributed by atoms with van der Waals surface area (Å²) in [7, 11) is 0. The number of likely N-dealkylation sites (tertiary alicyclic amines) is 1. The van der Waals surface area contributed by atoms with Gasteiger partial charge in [-0.3, -0.25) is 4.79 Å². The van der Waals surface area contributed by atoms with Gasteiger partial charge in [-0.1, -0.05) is 19.1 Å². The van der Waals surface area contributed by atoms with E-state index in [9.17, 15) is 9.18 Å². The van der Waals surface area contributed by atoms with Gasteiger partial charge in [0.15, 0.2) is 0 Å². The molecule has 0 bridgehead atoms. The highest BCUT2D eigenvalue weighted by atomic mass is 19.1. The fourth-order valence-electron chi connectivity index (χ4n) is 3.29. The lowest BCUT2D eigenvalue weighted by Gasteiger charge is -2.27. The van der Waals surface area contributed by atoms with Gasteiger partial charge in [-0.2, -0.15) is 0 Å². The largest absolute Gasteiger partial charge is 0.363 e. The Kier molecular flexibility index (Phi) is 4.27. The van der Waals surface area contributed by atoms with Gasteiger partial charge in [0.2, 0.25) is 5.91 Å². The first-order chi connectivity index (χ1) is 10.6. The first-order valence-corrected chi connectivity index (χ1v) is 7.83. The van der Waals surface area contributed by atoms with E-state index >= 15 is 0 Å². The fourth-order valence-corrected chi connectivity index (χ4v) is 3.29. The summed E-state index contributed by atoms with van der Waals surface area (Å²) in [5.74, 6) is -0.235. The summed E-state index contributed by atoms with van der Waals surface area (Å²) in [5.41, 5.74) is 1.97. The zero-order valence-electron chi connectivity index (χ0n) is 12.8. The van der Waals surface area contributed by atoms with Crippen LogP contribution < -0.4 is 0 Å². The van der Waals surface area contributed by atoms with Crippen molar-refractivity contribution in [3.63, 3.8) is 0 Å². The molecule has 3 nitrogen and oxygen atoms in total. The molecule has 1 fully saturated rings. The summed E-state index contributed by atoms with van der Waals surface area (Å²) in [6.07, 6.45) is 4.50. The van der Waals surface area contributed by atoms with Gasteiger partial charge in [-0.05, 0) is 49.1 Å². The highest BCUT2D eigenvalue weighted by Crippen LogP contribution is 2.32. The van der Waals surface area contributed by atoms with Gasteiger partial charge < -0.3 is 9.88 Å². The number of amides is 1. The second-order valence-corrected chi connectivity index (χ2v) is 6.05. The minimum Gasteiger partial charge on any atom is -0.363 e. The molecule has 0 saturated carbocycles. The number of nitrogens with one attached hydrogen (secondary N) is 1. The smallest absolute Gasteiger partial charge is 0.226 e. The van der Waals surface area contributed by atoms with Crippen LogP contribution in [0.2, 0.25) is 0 Å². The maximum Gasteiger partial charge on any atom is 0.226 e. The van der Waals surface area contributed by atoms with Crippen molar-refractivity contribution in [3.8, 4) is 0 Å². The summed E-state index contributed by atoms with van der Waals surface area (Å²) in [6.45, 7) is 2.73. The first kappa shape index (κ1) is 14.8. The minimum atomic E-state index is -0.248. The van der Waals surface area contributed by atoms with E-state index in [1.165, 1.54) is 12.1 Å². The number of benzene rings is 1. The Hall–Kier alpha value is -2.10. The monoisotopic (exact) mass is 300 g/mol. The van der Waals surface area contributed by atoms with E-state index in [1.54, 1.807) is 6.07 Å². The number of nitrogens with zero attached hydrogens (tertiary/aromatic N) is 1. The van der Waals surface area contributed by atoms with E-state index in [4.69, 9.17) is 0 Å². The Morgan fingerprint density at radius 3 is 3.00 bits per heavy atom. The number of carbonyl (C=O) groups excluding carboxylic acids is 1. The van der Waals surface area contributed by atoms with Crippen LogP contribution in [0.5, 0.6) is 0 Å². The summed E-state index contributed by atoms with van der Waals surface area (Å²) in [5, 5.41) is 0. The van der Waals surface area contributed by atoms with E-state index in [-0.39, 0.29) is 23.7 Å². The third-order valence-corrected chi connectivity index (χ3v) is 4.37. The van der Waals surface area contributed by atoms with Gasteiger partial charge in [0, 0.05) is 24.4 Å². The molecule has 2 atom stereocenters. The highest BCUT2D eigenvalue weighted by Gasteiger charge is 2.32. The lowest BCUT2D eigenvalue weighted by Crippen LogP contribution is -2.35. The number of hydrogen-bond acceptors (Lipinski definition) is 1. The van der Waals surface area contributed by atoms with Crippen molar-refractivity contribution in [1.82, 2.24) is 9.88 Å². The SMILES string of the molecule is C[C@@H](Cc1cccc(F)c1)C(=O)N1CCC[C@H]1c1ccc[nH]1. The molecule has 3 rings (SSSR count). The van der Waals surface area contributed by atoms with Crippen LogP contribution in [0.25, 0.3) is 0 Å². The summed E-state index contributed by atoms with van der Waals surface area (Å²) < 4.78 is 13.3. The standard InChI is InChI=1S/C18H21FN2O/c1-13(11-14-5-2-6-15(19)12-14)18(22)21-10-4-8-17(21)16-7-3-9-20-16/h2-3,5-7,9,12-13,17,20H,4,8,10-11H2,1H3/t13-,17-/m0/s1. The van der Waals surface area contributed by atoms with Gasteiger partial charge in [-0.15, -0.1) is 0 Å². The van der Waals surface area contributed by atoms with Crippen molar-refractivity contribution >= 4 is 5.91 Å². The van der Waals surface area contributed by atoms with Crippen molar-refractivity contribution < 1.29 is 9.18 Å². The van der Waals surface area contributed by atoms with Gasteiger partial charge in [0.05, 0.1) is 6.04 Å². The second kappa shape index (κ2) is 6.34. The number of H-pyrrole nitrogens is 1. The number of hydrogen-bond donors (Lipinski definition) is 1. The quantitative estimate of drug-likeness (QED) is 0.918. The van der Waals surface area contributed by atoms with Crippen LogP contribution in [-0.4, -0.2) is 22.3 Å². The van der Waals surface area contributed by atoms with Crippen LogP contribution in [-0.2, 0) is 11.2 Å². The van der Waals surface area contributed by atoms with Crippen molar-refractivity contribution in [2.45, 2.75) is 32.2 Å². The lowest BCUT2D eigenvalue weighted by molar-refractivity contribution is -0.136. The van der Waals surface area contributed by atoms with Gasteiger partial charge in [-0.25, -0.2) is 4.39 Å². The molecular formula is C18H21FN2O. The number of halogens is 1. The molecule has 0 unspecified atom stereocenters. The summed E-state index contributed by atoms with van der Waals surface area (Å²) in [6, 6.07) is 10.7. The molecular weight excluding hydrogens is 279 g/mol. The van der Waals surface area contributed by atoms with E-state index in [0.29, 0.717) is 6.42 Å². The highest BCUT2D eigenvalue weighted by molar-refractivity contribution is 5.79. The Morgan fingerprint density at radius 2 is 2.27 bits per heavy atom. The Balaban J connectivity index is 1.70. The fraction of sp³-hybridized carbons (Fsp3) is 0.389. The number of aromatic nitrogens is 1. The van der Waals surface area contributed by atoms with Crippen molar-refractivity contribution in [2.24, 2.45) is 5.92 Å². The molecule has 0 aliphatic carbocycles. The van der Waals surface area contributed by atoms with Gasteiger partial charge in [0.25, 0.3) is 0 Å². The Bertz CT molecular complexity index is 638. The molecule has 22 heavy (non-hydrogen) atoms. The normalized spacial score (nSPS) is 19.4. The van der Waals surface area contributed by atoms with Crippen LogP contribution in [0, 0.1) is 11.7 Å². The predicted molar refractivity (Wildman–Crippen MR) is 83.7 cm³/mol. The third kappa shape index (κ3) is 3.06. The molecule has 1 aromatic carbocycles. The molecule has 1 aromatic heterocycles. The summed E-state index contributed by atoms with van der Waals surface area (Å²) in [4.78, 5) is 17.9. The molecule has 0 spiro atoms. The molecule has 2 aromatic rings. The van der Waals surface area contributed by atoms with Crippen molar-refractivity contribution in [3.05, 3.63) is 59.7 Å². The molecule has 0 radical (unpaired) electrons. The van der Waals surface area contributed by atoms with Crippen LogP contribution >= 0.6 is 0 Å². The zero-order valence-corrected chi connectivity index (χ0v) is 12.8. The number of carbonyl (C=O) groups is 1. The Labute approximate surface area is 130 Å². The van der Waals surface area contributed by atoms with Crippen LogP contribution in [0.15, 0.2) is 42.6 Å². The minimum absolute atomic E-state index is 0.141. The predicted octanol–water partition coefficient (Wildman–Crippen LogP) is 3.70. The molecule has 116 valence electrons. The van der Waals surface area contributed by atoms with Crippen LogP contribution in [0.3, 0.4) is 0 Å². The topological polar surface area (TPSA) is 36.1 Å². The van der Waals surface area contributed by atoms with Gasteiger partial charge in [0.1, 0.15) is 5.82 Å². The first-order valence-electron chi connectivity index (χ1n) is 7.83. The second-order valence-electron chi connectivity index (χ2n) is 6.05. The molecule has 1 aliphatic rings. The third-order valence-electron chi connectivity index (χ3n) is 4.37. The van der Waals surface area contributed by atoms with E-state index in [0.717, 1.165) is 30.6 Å². The molecule has 1 saturated heterocycles. The van der Waals surface area contributed by atoms with E-state index in [1.807, 2.05) is 36.2 Å². The Morgan fingerprint density at radius 1 is 1.41 bits per heavy atom. The van der Waals surface area contributed by atoms with Crippen LogP contribution in [0.4, 0.5) is 4.39 Å². The van der Waals surface area contributed by atoms with E-state index < -0.39 is 0 Å². The lowest BCUT2D eigenvalue weighted by atomic mass is 9.99. The zero-order chi connectivity index (χ0) is 15.5. The molecule has 4 heteroatoms. The molecule has 1 aliphatic heterocycles. The maximum absolute atomic E-state index is 13.3. The van der Waals surface area contributed by atoms with Crippen LogP contribution in [0.1, 0.15) is 37.1 Å². The average molecular weight is 300 g/mol. The van der Waals surface area contributed by atoms with E-state index in [2.05, 4.69) is 4.98 Å². The van der Waals surface area contributed by atoms with Crippen molar-refractivity contribution in [2.75, 3.05) is 6.54 Å². The molecule has 1 amide bonds. The summed E-state index contributed by atoms with van der Waals surface area (Å²) >= 11 is 0. The molecule has 2 heterocycles. The molecule has 1 N–H and O–H groups in total. The number of aromatic amines is 1. The van der Waals surface area contributed by atoms with Crippen molar-refractivity contribution in [1.29, 1.82) is 0 Å². The van der Waals surface area contributed by atoms with Gasteiger partial charge >= 0.3 is 0 Å². The average Bonchev–Trinajstić information content (AvgIpc) is 3.17.